The molecule has 0 bridgehead atoms. The Labute approximate surface area is 118 Å². The van der Waals surface area contributed by atoms with Crippen molar-refractivity contribution in [2.45, 2.75) is 34.3 Å². The normalized spacial score (nSPS) is 9.68. The first-order valence-electron chi connectivity index (χ1n) is 4.66. The second-order valence-electron chi connectivity index (χ2n) is 3.02. The lowest BCUT2D eigenvalue weighted by molar-refractivity contribution is -0.338. The van der Waals surface area contributed by atoms with Crippen molar-refractivity contribution in [3.05, 3.63) is 0 Å². The van der Waals surface area contributed by atoms with Crippen LogP contribution in [0.2, 0.25) is 0 Å². The number of carbonyl (C=O) groups is 4. The molecular weight excluding hydrogens is 326 g/mol. The van der Waals surface area contributed by atoms with Gasteiger partial charge in [0.2, 0.25) is 5.91 Å². The van der Waals surface area contributed by atoms with Crippen molar-refractivity contribution in [1.29, 1.82) is 0 Å². The van der Waals surface area contributed by atoms with Gasteiger partial charge in [0.15, 0.2) is 0 Å². The average Bonchev–Trinajstić information content (AvgIpc) is 2.12. The molecular formula is C10H16BrNO7. The number of hydrogen-bond acceptors (Lipinski definition) is 7. The molecule has 0 aromatic heterocycles. The van der Waals surface area contributed by atoms with Crippen molar-refractivity contribution < 1.29 is 33.4 Å². The molecule has 9 heteroatoms. The van der Waals surface area contributed by atoms with Crippen LogP contribution in [0.1, 0.15) is 28.2 Å². The van der Waals surface area contributed by atoms with Crippen LogP contribution in [-0.4, -0.2) is 35.2 Å². The van der Waals surface area contributed by atoms with E-state index in [0.717, 1.165) is 20.8 Å². The standard InChI is InChI=1S/C9H12BrNO7.CH4/c1-5(12)16-9(17-6(2)13,18-7(3)14)11-8(15)4-10;/h4H2,1-3H3,(H,11,15);1H4. The van der Waals surface area contributed by atoms with E-state index >= 15 is 0 Å². The molecule has 0 rings (SSSR count). The smallest absolute Gasteiger partial charge is 0.369 e. The number of amides is 1. The van der Waals surface area contributed by atoms with E-state index in [-0.39, 0.29) is 12.8 Å². The van der Waals surface area contributed by atoms with E-state index in [9.17, 15) is 19.2 Å². The van der Waals surface area contributed by atoms with Crippen molar-refractivity contribution in [3.8, 4) is 0 Å². The van der Waals surface area contributed by atoms with Crippen LogP contribution in [0.3, 0.4) is 0 Å². The van der Waals surface area contributed by atoms with Gasteiger partial charge in [0.25, 0.3) is 0 Å². The molecule has 0 saturated heterocycles. The van der Waals surface area contributed by atoms with Crippen molar-refractivity contribution >= 4 is 39.7 Å². The fourth-order valence-electron chi connectivity index (χ4n) is 0.911. The Hall–Kier alpha value is -1.64. The highest BCUT2D eigenvalue weighted by molar-refractivity contribution is 9.09. The molecule has 0 radical (unpaired) electrons. The van der Waals surface area contributed by atoms with Crippen molar-refractivity contribution in [1.82, 2.24) is 5.32 Å². The van der Waals surface area contributed by atoms with Crippen LogP contribution in [-0.2, 0) is 33.4 Å². The minimum atomic E-state index is -2.59. The molecule has 0 unspecified atom stereocenters. The molecule has 0 heterocycles. The summed E-state index contributed by atoms with van der Waals surface area (Å²) in [7, 11) is 0. The summed E-state index contributed by atoms with van der Waals surface area (Å²) in [6.45, 7) is 2.96. The van der Waals surface area contributed by atoms with Gasteiger partial charge < -0.3 is 14.2 Å². The van der Waals surface area contributed by atoms with E-state index in [0.29, 0.717) is 0 Å². The number of alkyl halides is 1. The first-order valence-corrected chi connectivity index (χ1v) is 5.78. The van der Waals surface area contributed by atoms with Crippen LogP contribution in [0.25, 0.3) is 0 Å². The number of rotatable bonds is 5. The molecule has 8 nitrogen and oxygen atoms in total. The average molecular weight is 342 g/mol. The van der Waals surface area contributed by atoms with Crippen LogP contribution < -0.4 is 5.32 Å². The second-order valence-corrected chi connectivity index (χ2v) is 3.58. The minimum absolute atomic E-state index is 0. The monoisotopic (exact) mass is 341 g/mol. The van der Waals surface area contributed by atoms with Crippen LogP contribution in [0, 0.1) is 0 Å². The largest absolute Gasteiger partial charge is 0.526 e. The molecule has 0 aromatic rings. The maximum atomic E-state index is 11.2. The number of ether oxygens (including phenoxy) is 3. The van der Waals surface area contributed by atoms with Gasteiger partial charge in [-0.2, -0.15) is 0 Å². The molecule has 0 aliphatic carbocycles. The molecule has 0 aromatic carbocycles. The molecule has 0 saturated carbocycles. The highest BCUT2D eigenvalue weighted by Gasteiger charge is 2.44. The summed E-state index contributed by atoms with van der Waals surface area (Å²) in [4.78, 5) is 44.0. The van der Waals surface area contributed by atoms with Gasteiger partial charge in [-0.1, -0.05) is 23.4 Å². The number of halogens is 1. The van der Waals surface area contributed by atoms with Gasteiger partial charge in [-0.3, -0.25) is 19.2 Å². The Morgan fingerprint density at radius 1 is 0.947 bits per heavy atom. The summed E-state index contributed by atoms with van der Waals surface area (Å²) in [6.07, 6.45) is -2.59. The van der Waals surface area contributed by atoms with E-state index in [1.165, 1.54) is 0 Å². The summed E-state index contributed by atoms with van der Waals surface area (Å²) in [5, 5.41) is 1.78. The molecule has 0 spiro atoms. The highest BCUT2D eigenvalue weighted by atomic mass is 79.9. The SMILES string of the molecule is C.CC(=O)OC(NC(=O)CBr)(OC(C)=O)OC(C)=O. The van der Waals surface area contributed by atoms with Gasteiger partial charge >= 0.3 is 24.0 Å². The van der Waals surface area contributed by atoms with Crippen LogP contribution >= 0.6 is 15.9 Å². The first-order chi connectivity index (χ1) is 8.20. The van der Waals surface area contributed by atoms with Crippen molar-refractivity contribution in [2.24, 2.45) is 0 Å². The Morgan fingerprint density at radius 2 is 1.26 bits per heavy atom. The van der Waals surface area contributed by atoms with Crippen LogP contribution in [0.4, 0.5) is 0 Å². The molecule has 0 aliphatic heterocycles. The third-order valence-electron chi connectivity index (χ3n) is 1.25. The van der Waals surface area contributed by atoms with E-state index in [1.54, 1.807) is 0 Å². The molecule has 0 fully saturated rings. The number of hydrogen-bond donors (Lipinski definition) is 1. The first kappa shape index (κ1) is 19.7. The summed E-state index contributed by atoms with van der Waals surface area (Å²) in [6, 6.07) is 0. The Morgan fingerprint density at radius 3 is 1.47 bits per heavy atom. The zero-order valence-corrected chi connectivity index (χ0v) is 11.5. The zero-order chi connectivity index (χ0) is 14.3. The van der Waals surface area contributed by atoms with Crippen LogP contribution in [0.5, 0.6) is 0 Å². The molecule has 0 aliphatic rings. The number of carbonyl (C=O) groups excluding carboxylic acids is 4. The number of nitrogens with one attached hydrogen (secondary N) is 1. The van der Waals surface area contributed by atoms with Gasteiger partial charge in [0, 0.05) is 20.8 Å². The Balaban J connectivity index is 0. The lowest BCUT2D eigenvalue weighted by atomic mass is 10.6. The van der Waals surface area contributed by atoms with E-state index in [2.05, 4.69) is 30.1 Å². The Bertz CT molecular complexity index is 328. The van der Waals surface area contributed by atoms with Crippen molar-refractivity contribution in [3.63, 3.8) is 0 Å². The maximum Gasteiger partial charge on any atom is 0.526 e. The molecule has 0 atom stereocenters. The fraction of sp³-hybridized carbons (Fsp3) is 0.600. The van der Waals surface area contributed by atoms with Gasteiger partial charge in [0.1, 0.15) is 0 Å². The topological polar surface area (TPSA) is 108 Å². The van der Waals surface area contributed by atoms with Gasteiger partial charge in [-0.15, -0.1) is 0 Å². The quantitative estimate of drug-likeness (QED) is 0.439. The molecule has 1 amide bonds. The fourth-order valence-corrected chi connectivity index (χ4v) is 1.05. The summed E-state index contributed by atoms with van der Waals surface area (Å²) >= 11 is 2.83. The van der Waals surface area contributed by atoms with E-state index < -0.39 is 29.9 Å². The third kappa shape index (κ3) is 8.14. The van der Waals surface area contributed by atoms with Gasteiger partial charge in [0.05, 0.1) is 5.33 Å². The van der Waals surface area contributed by atoms with Gasteiger partial charge in [-0.25, -0.2) is 5.32 Å². The summed E-state index contributed by atoms with van der Waals surface area (Å²) in [5.74, 6) is -3.49. The predicted octanol–water partition coefficient (Wildman–Crippen LogP) is 0.434. The summed E-state index contributed by atoms with van der Waals surface area (Å²) in [5.41, 5.74) is 0. The molecule has 110 valence electrons. The predicted molar refractivity (Wildman–Crippen MR) is 66.7 cm³/mol. The second kappa shape index (κ2) is 8.46. The lowest BCUT2D eigenvalue weighted by Crippen LogP contribution is -2.57. The minimum Gasteiger partial charge on any atom is -0.369 e. The van der Waals surface area contributed by atoms with E-state index in [4.69, 9.17) is 0 Å². The lowest BCUT2D eigenvalue weighted by Gasteiger charge is -2.29. The zero-order valence-electron chi connectivity index (χ0n) is 9.94. The Kier molecular flexibility index (Phi) is 8.77. The van der Waals surface area contributed by atoms with Crippen LogP contribution in [0.15, 0.2) is 0 Å². The van der Waals surface area contributed by atoms with E-state index in [1.807, 2.05) is 5.32 Å². The third-order valence-corrected chi connectivity index (χ3v) is 1.76. The number of esters is 3. The molecule has 19 heavy (non-hydrogen) atoms. The van der Waals surface area contributed by atoms with Crippen molar-refractivity contribution in [2.75, 3.05) is 5.33 Å². The van der Waals surface area contributed by atoms with Gasteiger partial charge in [-0.05, 0) is 0 Å². The summed E-state index contributed by atoms with van der Waals surface area (Å²) < 4.78 is 13.7. The molecule has 1 N–H and O–H groups in total. The highest BCUT2D eigenvalue weighted by Crippen LogP contribution is 2.14. The maximum absolute atomic E-state index is 11.2.